The molecule has 2 aliphatic heterocycles. The molecule has 1 aliphatic carbocycles. The number of hydrogen-bond donors (Lipinski definition) is 6. The topological polar surface area (TPSA) is 241 Å². The Morgan fingerprint density at radius 1 is 1.09 bits per heavy atom. The van der Waals surface area contributed by atoms with E-state index in [0.717, 1.165) is 0 Å². The van der Waals surface area contributed by atoms with Gasteiger partial charge in [0.05, 0.1) is 43.7 Å². The van der Waals surface area contributed by atoms with E-state index in [1.165, 1.54) is 17.2 Å². The lowest BCUT2D eigenvalue weighted by Gasteiger charge is -2.28. The molecule has 18 nitrogen and oxygen atoms in total. The summed E-state index contributed by atoms with van der Waals surface area (Å²) in [6.07, 6.45) is -1.23. The number of aryl methyl sites for hydroxylation is 1. The standard InChI is InChI=1S/C24H30N8O10P2S2/c1-10-29-22-16(23(35)30-10)28-9-32(22)24-19-13(5-33)15(40-24)7-39-44(37,46)41-18-11(6-38-43(36,45)42-19)4-14(17(18)34)31-3-2-12-20(25)26-8-27-21(12)31/h2-3,8-9,11,13-15,17-19,24,33-34H,4-7H2,1H3,(H,36,45)(H,37,46)(H2,25,26,27)(H,29,30,35)/t11-,13-,14-,15-,17+,18-,19-,24-,43-,44+/m1/s1. The minimum Gasteiger partial charge on any atom is -0.396 e. The van der Waals surface area contributed by atoms with Gasteiger partial charge in [-0.2, -0.15) is 0 Å². The number of ether oxygens (including phenoxy) is 1. The summed E-state index contributed by atoms with van der Waals surface area (Å²) in [5.41, 5.74) is 6.15. The first kappa shape index (κ1) is 32.2. The second kappa shape index (κ2) is 12.0. The number of aliphatic hydroxyl groups is 2. The molecule has 4 aromatic heterocycles. The summed E-state index contributed by atoms with van der Waals surface area (Å²) in [6, 6.07) is 1.06. The Kier molecular flexibility index (Phi) is 8.37. The number of hydrogen-bond acceptors (Lipinski definition) is 15. The number of nitrogens with one attached hydrogen (secondary N) is 1. The molecule has 0 unspecified atom stereocenters. The Morgan fingerprint density at radius 3 is 2.59 bits per heavy atom. The van der Waals surface area contributed by atoms with Crippen LogP contribution in [-0.2, 0) is 32.0 Å². The molecular weight excluding hydrogens is 686 g/mol. The van der Waals surface area contributed by atoms with Crippen LogP contribution < -0.4 is 11.3 Å². The van der Waals surface area contributed by atoms with Gasteiger partial charge in [-0.15, -0.1) is 0 Å². The molecular formula is C24H30N8O10P2S2. The van der Waals surface area contributed by atoms with Crippen LogP contribution in [-0.4, -0.2) is 88.5 Å². The highest BCUT2D eigenvalue weighted by atomic mass is 32.7. The van der Waals surface area contributed by atoms with Crippen LogP contribution in [0.15, 0.2) is 29.7 Å². The number of nitrogens with two attached hydrogens (primary N) is 1. The Labute approximate surface area is 270 Å². The molecule has 46 heavy (non-hydrogen) atoms. The summed E-state index contributed by atoms with van der Waals surface area (Å²) in [5.74, 6) is -1.03. The van der Waals surface area contributed by atoms with E-state index in [4.69, 9.17) is 28.6 Å². The molecule has 0 aromatic carbocycles. The van der Waals surface area contributed by atoms with E-state index in [9.17, 15) is 24.1 Å². The molecule has 248 valence electrons. The van der Waals surface area contributed by atoms with Gasteiger partial charge in [-0.3, -0.25) is 22.9 Å². The minimum atomic E-state index is -4.22. The maximum absolute atomic E-state index is 13.8. The second-order valence-corrected chi connectivity index (χ2v) is 17.1. The van der Waals surface area contributed by atoms with Gasteiger partial charge in [0.25, 0.3) is 5.56 Å². The van der Waals surface area contributed by atoms with Crippen LogP contribution >= 0.6 is 38.1 Å². The molecule has 22 heteroatoms. The van der Waals surface area contributed by atoms with E-state index in [0.29, 0.717) is 16.9 Å². The van der Waals surface area contributed by atoms with Crippen LogP contribution in [0, 0.1) is 18.8 Å². The SMILES string of the molecule is Cc1nc2c(ncn2[C@@H]2O[C@@H]3CO[P@](=O)(S)O[C@@H]4[C@@H](CO[P@@](=O)(S)O[C@@H]2[C@@H]3CO)C[C@@H](n2ccc3c(N)ncnc32)[C@@H]4O)c(=O)[nH]1. The average Bonchev–Trinajstić information content (AvgIpc) is 3.75. The van der Waals surface area contributed by atoms with Crippen molar-refractivity contribution < 1.29 is 42.2 Å². The summed E-state index contributed by atoms with van der Waals surface area (Å²) in [7, 11) is 0. The first-order valence-corrected chi connectivity index (χ1v) is 19.5. The van der Waals surface area contributed by atoms with Crippen LogP contribution in [0.25, 0.3) is 22.2 Å². The van der Waals surface area contributed by atoms with E-state index < -0.39 is 80.9 Å². The zero-order valence-electron chi connectivity index (χ0n) is 24.0. The normalized spacial score (nSPS) is 37.2. The van der Waals surface area contributed by atoms with Gasteiger partial charge >= 0.3 is 13.6 Å². The van der Waals surface area contributed by atoms with Crippen LogP contribution in [0.4, 0.5) is 5.82 Å². The molecule has 0 spiro atoms. The fraction of sp³-hybridized carbons (Fsp3) is 0.542. The smallest absolute Gasteiger partial charge is 0.386 e. The van der Waals surface area contributed by atoms with E-state index in [-0.39, 0.29) is 30.0 Å². The number of H-pyrrole nitrogens is 1. The van der Waals surface area contributed by atoms with Crippen molar-refractivity contribution in [1.82, 2.24) is 34.1 Å². The Hall–Kier alpha value is -2.35. The predicted molar refractivity (Wildman–Crippen MR) is 167 cm³/mol. The van der Waals surface area contributed by atoms with E-state index in [2.05, 4.69) is 49.4 Å². The number of fused-ring (bicyclic) bond motifs is 5. The Morgan fingerprint density at radius 2 is 1.83 bits per heavy atom. The molecule has 5 N–H and O–H groups in total. The summed E-state index contributed by atoms with van der Waals surface area (Å²) in [5, 5.41) is 22.4. The van der Waals surface area contributed by atoms with Crippen molar-refractivity contribution in [3.05, 3.63) is 41.1 Å². The molecule has 2 bridgehead atoms. The van der Waals surface area contributed by atoms with Gasteiger partial charge in [-0.25, -0.2) is 29.1 Å². The van der Waals surface area contributed by atoms with Gasteiger partial charge in [0.1, 0.15) is 41.9 Å². The monoisotopic (exact) mass is 716 g/mol. The largest absolute Gasteiger partial charge is 0.396 e. The number of nitrogen functional groups attached to an aromatic ring is 1. The van der Waals surface area contributed by atoms with Crippen LogP contribution in [0.1, 0.15) is 24.5 Å². The number of thiol groups is 2. The minimum absolute atomic E-state index is 0.0196. The zero-order chi connectivity index (χ0) is 32.5. The van der Waals surface area contributed by atoms with Crippen molar-refractivity contribution in [3.8, 4) is 0 Å². The molecule has 6 heterocycles. The van der Waals surface area contributed by atoms with Crippen molar-refractivity contribution in [1.29, 1.82) is 0 Å². The molecule has 3 aliphatic rings. The molecule has 3 fully saturated rings. The second-order valence-electron chi connectivity index (χ2n) is 11.3. The summed E-state index contributed by atoms with van der Waals surface area (Å²) >= 11 is 8.41. The lowest BCUT2D eigenvalue weighted by molar-refractivity contribution is -0.0501. The zero-order valence-corrected chi connectivity index (χ0v) is 27.5. The van der Waals surface area contributed by atoms with Gasteiger partial charge in [0, 0.05) is 18.0 Å². The Balaban J connectivity index is 1.22. The number of aliphatic hydroxyl groups excluding tert-OH is 2. The molecule has 2 saturated heterocycles. The third-order valence-corrected chi connectivity index (χ3v) is 11.8. The van der Waals surface area contributed by atoms with Crippen molar-refractivity contribution in [2.75, 3.05) is 25.6 Å². The van der Waals surface area contributed by atoms with Gasteiger partial charge in [0.15, 0.2) is 17.4 Å². The molecule has 1 saturated carbocycles. The van der Waals surface area contributed by atoms with Crippen molar-refractivity contribution in [3.63, 3.8) is 0 Å². The number of nitrogens with zero attached hydrogens (tertiary/aromatic N) is 6. The molecule has 10 atom stereocenters. The number of aromatic nitrogens is 7. The fourth-order valence-electron chi connectivity index (χ4n) is 6.40. The van der Waals surface area contributed by atoms with Crippen LogP contribution in [0.5, 0.6) is 0 Å². The van der Waals surface area contributed by atoms with E-state index in [1.54, 1.807) is 23.8 Å². The highest BCUT2D eigenvalue weighted by Crippen LogP contribution is 2.61. The number of anilines is 1. The summed E-state index contributed by atoms with van der Waals surface area (Å²) in [6.45, 7) is -8.08. The van der Waals surface area contributed by atoms with Crippen LogP contribution in [0.3, 0.4) is 0 Å². The summed E-state index contributed by atoms with van der Waals surface area (Å²) < 4.78 is 59.8. The fourth-order valence-corrected chi connectivity index (χ4v) is 9.46. The van der Waals surface area contributed by atoms with Crippen LogP contribution in [0.2, 0.25) is 0 Å². The highest BCUT2D eigenvalue weighted by molar-refractivity contribution is 8.44. The lowest BCUT2D eigenvalue weighted by Crippen LogP contribution is -2.33. The molecule has 0 radical (unpaired) electrons. The summed E-state index contributed by atoms with van der Waals surface area (Å²) in [4.78, 5) is 31.9. The maximum atomic E-state index is 13.8. The van der Waals surface area contributed by atoms with Crippen molar-refractivity contribution in [2.24, 2.45) is 11.8 Å². The van der Waals surface area contributed by atoms with Gasteiger partial charge in [-0.05, 0) is 19.4 Å². The first-order valence-electron chi connectivity index (χ1n) is 14.1. The number of imidazole rings is 1. The highest BCUT2D eigenvalue weighted by Gasteiger charge is 2.52. The van der Waals surface area contributed by atoms with Crippen molar-refractivity contribution in [2.45, 2.75) is 50.0 Å². The number of rotatable bonds is 3. The first-order chi connectivity index (χ1) is 21.9. The van der Waals surface area contributed by atoms with E-state index in [1.807, 2.05) is 0 Å². The lowest BCUT2D eigenvalue weighted by atomic mass is 9.99. The van der Waals surface area contributed by atoms with Crippen molar-refractivity contribution >= 4 is 66.1 Å². The molecule has 7 rings (SSSR count). The Bertz CT molecular complexity index is 1960. The predicted octanol–water partition coefficient (Wildman–Crippen LogP) is 1.78. The third-order valence-electron chi connectivity index (χ3n) is 8.53. The molecule has 0 amide bonds. The molecule has 4 aromatic rings. The van der Waals surface area contributed by atoms with Gasteiger partial charge in [-0.1, -0.05) is 24.5 Å². The maximum Gasteiger partial charge on any atom is 0.386 e. The number of aromatic amines is 1. The average molecular weight is 717 g/mol. The quantitative estimate of drug-likeness (QED) is 0.131. The van der Waals surface area contributed by atoms with Gasteiger partial charge < -0.3 is 34.8 Å². The van der Waals surface area contributed by atoms with Gasteiger partial charge in [0.2, 0.25) is 0 Å². The third kappa shape index (κ3) is 5.72. The van der Waals surface area contributed by atoms with E-state index >= 15 is 0 Å².